The number of esters is 1. The second kappa shape index (κ2) is 7.17. The zero-order valence-electron chi connectivity index (χ0n) is 13.9. The van der Waals surface area contributed by atoms with Crippen molar-refractivity contribution in [2.24, 2.45) is 0 Å². The Morgan fingerprint density at radius 3 is 2.59 bits per heavy atom. The third-order valence-electron chi connectivity index (χ3n) is 3.95. The van der Waals surface area contributed by atoms with Crippen molar-refractivity contribution in [2.45, 2.75) is 0 Å². The molecule has 2 aromatic carbocycles. The van der Waals surface area contributed by atoms with Gasteiger partial charge in [-0.25, -0.2) is 9.59 Å². The van der Waals surface area contributed by atoms with Crippen molar-refractivity contribution in [2.75, 3.05) is 0 Å². The Hall–Kier alpha value is -3.25. The summed E-state index contributed by atoms with van der Waals surface area (Å²) in [6, 6.07) is 18.9. The van der Waals surface area contributed by atoms with Crippen molar-refractivity contribution in [3.05, 3.63) is 93.4 Å². The third-order valence-corrected chi connectivity index (χ3v) is 4.64. The molecule has 0 spiro atoms. The highest BCUT2D eigenvalue weighted by molar-refractivity contribution is 9.10. The van der Waals surface area contributed by atoms with Crippen LogP contribution in [0.25, 0.3) is 22.2 Å². The molecule has 0 radical (unpaired) electrons. The highest BCUT2D eigenvalue weighted by Crippen LogP contribution is 2.25. The third kappa shape index (κ3) is 3.52. The minimum absolute atomic E-state index is 0.289. The van der Waals surface area contributed by atoms with E-state index in [0.717, 1.165) is 0 Å². The summed E-state index contributed by atoms with van der Waals surface area (Å²) in [5.41, 5.74) is 1.15. The van der Waals surface area contributed by atoms with Crippen LogP contribution in [0.2, 0.25) is 0 Å². The SMILES string of the molecule is O=C(Oc1ccc2cc(-c3ccccn3)c(=O)oc2c1)c1ccccc1Br. The Kier molecular flexibility index (Phi) is 4.56. The molecule has 132 valence electrons. The normalized spacial score (nSPS) is 10.7. The van der Waals surface area contributed by atoms with Gasteiger partial charge in [0.2, 0.25) is 0 Å². The van der Waals surface area contributed by atoms with Gasteiger partial charge in [-0.1, -0.05) is 18.2 Å². The van der Waals surface area contributed by atoms with E-state index in [0.29, 0.717) is 32.3 Å². The fourth-order valence-electron chi connectivity index (χ4n) is 2.64. The van der Waals surface area contributed by atoms with Crippen LogP contribution in [-0.4, -0.2) is 11.0 Å². The lowest BCUT2D eigenvalue weighted by atomic mass is 10.1. The number of aromatic nitrogens is 1. The summed E-state index contributed by atoms with van der Waals surface area (Å²) < 4.78 is 11.4. The summed E-state index contributed by atoms with van der Waals surface area (Å²) in [5, 5.41) is 0.705. The highest BCUT2D eigenvalue weighted by atomic mass is 79.9. The molecule has 6 heteroatoms. The van der Waals surface area contributed by atoms with Crippen LogP contribution in [0.5, 0.6) is 5.75 Å². The van der Waals surface area contributed by atoms with Gasteiger partial charge >= 0.3 is 11.6 Å². The van der Waals surface area contributed by atoms with E-state index < -0.39 is 11.6 Å². The molecule has 0 amide bonds. The van der Waals surface area contributed by atoms with Gasteiger partial charge < -0.3 is 9.15 Å². The first kappa shape index (κ1) is 17.2. The van der Waals surface area contributed by atoms with Crippen LogP contribution in [0.15, 0.2) is 86.6 Å². The number of fused-ring (bicyclic) bond motifs is 1. The number of carbonyl (C=O) groups excluding carboxylic acids is 1. The lowest BCUT2D eigenvalue weighted by Gasteiger charge is -2.07. The summed E-state index contributed by atoms with van der Waals surface area (Å²) in [6.07, 6.45) is 1.61. The van der Waals surface area contributed by atoms with Gasteiger partial charge in [-0.2, -0.15) is 0 Å². The van der Waals surface area contributed by atoms with Crippen LogP contribution >= 0.6 is 15.9 Å². The Morgan fingerprint density at radius 2 is 1.81 bits per heavy atom. The Labute approximate surface area is 162 Å². The summed E-state index contributed by atoms with van der Waals surface area (Å²) in [6.45, 7) is 0. The maximum Gasteiger partial charge on any atom is 0.345 e. The van der Waals surface area contributed by atoms with Crippen molar-refractivity contribution >= 4 is 32.9 Å². The molecule has 5 nitrogen and oxygen atoms in total. The summed E-state index contributed by atoms with van der Waals surface area (Å²) in [7, 11) is 0. The predicted octanol–water partition coefficient (Wildman–Crippen LogP) is 4.84. The van der Waals surface area contributed by atoms with Gasteiger partial charge in [0, 0.05) is 22.1 Å². The van der Waals surface area contributed by atoms with E-state index in [4.69, 9.17) is 9.15 Å². The van der Waals surface area contributed by atoms with Crippen LogP contribution in [0.4, 0.5) is 0 Å². The van der Waals surface area contributed by atoms with Crippen molar-refractivity contribution in [1.82, 2.24) is 4.98 Å². The standard InChI is InChI=1S/C21H12BrNO4/c22-17-6-2-1-5-15(17)20(24)26-14-9-8-13-11-16(18-7-3-4-10-23-18)21(25)27-19(13)12-14/h1-12H. The number of pyridine rings is 1. The van der Waals surface area contributed by atoms with Crippen LogP contribution < -0.4 is 10.4 Å². The first-order valence-corrected chi connectivity index (χ1v) is 8.87. The Balaban J connectivity index is 1.68. The first-order valence-electron chi connectivity index (χ1n) is 8.08. The second-order valence-corrected chi connectivity index (χ2v) is 6.59. The summed E-state index contributed by atoms with van der Waals surface area (Å²) >= 11 is 3.32. The Morgan fingerprint density at radius 1 is 1.00 bits per heavy atom. The predicted molar refractivity (Wildman–Crippen MR) is 105 cm³/mol. The average Bonchev–Trinajstić information content (AvgIpc) is 2.68. The fourth-order valence-corrected chi connectivity index (χ4v) is 3.09. The average molecular weight is 422 g/mol. The number of nitrogens with zero attached hydrogens (tertiary/aromatic N) is 1. The molecule has 0 saturated heterocycles. The second-order valence-electron chi connectivity index (χ2n) is 5.73. The Bertz CT molecular complexity index is 1200. The summed E-state index contributed by atoms with van der Waals surface area (Å²) in [5.74, 6) is -0.216. The number of rotatable bonds is 3. The van der Waals surface area contributed by atoms with Crippen LogP contribution in [0.3, 0.4) is 0 Å². The monoisotopic (exact) mass is 421 g/mol. The zero-order chi connectivity index (χ0) is 18.8. The van der Waals surface area contributed by atoms with Gasteiger partial charge in [-0.05, 0) is 58.4 Å². The van der Waals surface area contributed by atoms with E-state index in [2.05, 4.69) is 20.9 Å². The molecule has 0 aliphatic carbocycles. The van der Waals surface area contributed by atoms with Crippen molar-refractivity contribution in [3.8, 4) is 17.0 Å². The van der Waals surface area contributed by atoms with Gasteiger partial charge in [0.25, 0.3) is 0 Å². The molecule has 0 atom stereocenters. The van der Waals surface area contributed by atoms with E-state index in [1.165, 1.54) is 6.07 Å². The number of carbonyl (C=O) groups is 1. The molecule has 2 heterocycles. The molecular weight excluding hydrogens is 410 g/mol. The number of hydrogen-bond acceptors (Lipinski definition) is 5. The van der Waals surface area contributed by atoms with Crippen molar-refractivity contribution in [3.63, 3.8) is 0 Å². The number of halogens is 1. The molecule has 0 N–H and O–H groups in total. The quantitative estimate of drug-likeness (QED) is 0.269. The highest BCUT2D eigenvalue weighted by Gasteiger charge is 2.14. The number of ether oxygens (including phenoxy) is 1. The minimum Gasteiger partial charge on any atom is -0.423 e. The molecule has 0 aliphatic heterocycles. The van der Waals surface area contributed by atoms with Gasteiger partial charge in [0.15, 0.2) is 0 Å². The lowest BCUT2D eigenvalue weighted by Crippen LogP contribution is -2.09. The van der Waals surface area contributed by atoms with E-state index >= 15 is 0 Å². The molecule has 2 aromatic heterocycles. The molecule has 4 rings (SSSR count). The molecule has 0 unspecified atom stereocenters. The smallest absolute Gasteiger partial charge is 0.345 e. The van der Waals surface area contributed by atoms with Crippen LogP contribution in [-0.2, 0) is 0 Å². The number of hydrogen-bond donors (Lipinski definition) is 0. The van der Waals surface area contributed by atoms with Gasteiger partial charge in [0.1, 0.15) is 11.3 Å². The van der Waals surface area contributed by atoms with E-state index in [1.807, 2.05) is 6.07 Å². The van der Waals surface area contributed by atoms with Crippen LogP contribution in [0.1, 0.15) is 10.4 Å². The molecule has 0 bridgehead atoms. The fraction of sp³-hybridized carbons (Fsp3) is 0. The van der Waals surface area contributed by atoms with Gasteiger partial charge in [-0.15, -0.1) is 0 Å². The van der Waals surface area contributed by atoms with E-state index in [1.54, 1.807) is 60.8 Å². The zero-order valence-corrected chi connectivity index (χ0v) is 15.5. The molecule has 4 aromatic rings. The molecule has 0 aliphatic rings. The first-order chi connectivity index (χ1) is 13.1. The molecule has 0 saturated carbocycles. The molecular formula is C21H12BrNO4. The molecule has 27 heavy (non-hydrogen) atoms. The topological polar surface area (TPSA) is 69.4 Å². The maximum atomic E-state index is 12.3. The summed E-state index contributed by atoms with van der Waals surface area (Å²) in [4.78, 5) is 28.8. The van der Waals surface area contributed by atoms with Crippen molar-refractivity contribution < 1.29 is 13.9 Å². The minimum atomic E-state index is -0.505. The van der Waals surface area contributed by atoms with Crippen LogP contribution in [0, 0.1) is 0 Å². The number of benzene rings is 2. The van der Waals surface area contributed by atoms with E-state index in [9.17, 15) is 9.59 Å². The largest absolute Gasteiger partial charge is 0.423 e. The van der Waals surface area contributed by atoms with Crippen molar-refractivity contribution in [1.29, 1.82) is 0 Å². The maximum absolute atomic E-state index is 12.3. The van der Waals surface area contributed by atoms with E-state index in [-0.39, 0.29) is 5.75 Å². The van der Waals surface area contributed by atoms with Gasteiger partial charge in [0.05, 0.1) is 16.8 Å². The van der Waals surface area contributed by atoms with Gasteiger partial charge in [-0.3, -0.25) is 4.98 Å². The lowest BCUT2D eigenvalue weighted by molar-refractivity contribution is 0.0734. The molecule has 0 fully saturated rings.